The number of aromatic amines is 1. The summed E-state index contributed by atoms with van der Waals surface area (Å²) in [6.45, 7) is 3.93. The summed E-state index contributed by atoms with van der Waals surface area (Å²) >= 11 is 0. The van der Waals surface area contributed by atoms with Gasteiger partial charge in [0, 0.05) is 11.1 Å². The van der Waals surface area contributed by atoms with E-state index in [2.05, 4.69) is 10.2 Å². The Morgan fingerprint density at radius 2 is 2.05 bits per heavy atom. The smallest absolute Gasteiger partial charge is 0.268 e. The summed E-state index contributed by atoms with van der Waals surface area (Å²) < 4.78 is 5.57. The normalized spacial score (nSPS) is 10.3. The van der Waals surface area contributed by atoms with E-state index in [1.54, 1.807) is 6.07 Å². The summed E-state index contributed by atoms with van der Waals surface area (Å²) in [6.07, 6.45) is 0.189. The Morgan fingerprint density at radius 3 is 2.65 bits per heavy atom. The number of rotatable bonds is 4. The van der Waals surface area contributed by atoms with Gasteiger partial charge in [0.05, 0.1) is 24.3 Å². The molecule has 0 unspecified atom stereocenters. The highest BCUT2D eigenvalue weighted by Crippen LogP contribution is 2.21. The van der Waals surface area contributed by atoms with Crippen molar-refractivity contribution in [1.82, 2.24) is 10.2 Å². The minimum Gasteiger partial charge on any atom is -0.491 e. The van der Waals surface area contributed by atoms with Gasteiger partial charge in [-0.25, -0.2) is 5.10 Å². The molecule has 0 saturated carbocycles. The van der Waals surface area contributed by atoms with E-state index in [9.17, 15) is 4.79 Å². The topological polar surface area (TPSA) is 78.8 Å². The third-order valence-corrected chi connectivity index (χ3v) is 2.67. The van der Waals surface area contributed by atoms with Gasteiger partial charge in [-0.3, -0.25) is 4.79 Å². The number of aromatic nitrogens is 2. The van der Waals surface area contributed by atoms with Gasteiger partial charge in [0.1, 0.15) is 5.75 Å². The molecule has 20 heavy (non-hydrogen) atoms. The van der Waals surface area contributed by atoms with Crippen LogP contribution in [0.1, 0.15) is 19.4 Å². The fourth-order valence-corrected chi connectivity index (χ4v) is 1.79. The zero-order chi connectivity index (χ0) is 14.5. The summed E-state index contributed by atoms with van der Waals surface area (Å²) in [5, 5.41) is 15.1. The van der Waals surface area contributed by atoms with Crippen LogP contribution in [0.2, 0.25) is 0 Å². The van der Waals surface area contributed by atoms with Crippen LogP contribution in [0.15, 0.2) is 35.1 Å². The molecule has 0 fully saturated rings. The largest absolute Gasteiger partial charge is 0.491 e. The first-order valence-electron chi connectivity index (χ1n) is 6.33. The van der Waals surface area contributed by atoms with Gasteiger partial charge in [-0.05, 0) is 44.2 Å². The Hall–Kier alpha value is -2.61. The highest BCUT2D eigenvalue weighted by molar-refractivity contribution is 5.60. The van der Waals surface area contributed by atoms with E-state index in [0.717, 1.165) is 11.3 Å². The number of H-pyrrole nitrogens is 1. The van der Waals surface area contributed by atoms with Crippen LogP contribution in [0.5, 0.6) is 5.75 Å². The van der Waals surface area contributed by atoms with Crippen molar-refractivity contribution in [2.75, 3.05) is 0 Å². The van der Waals surface area contributed by atoms with E-state index in [-0.39, 0.29) is 18.1 Å². The molecule has 0 saturated heterocycles. The van der Waals surface area contributed by atoms with Gasteiger partial charge in [-0.1, -0.05) is 0 Å². The first kappa shape index (κ1) is 13.8. The Bertz CT molecular complexity index is 682. The van der Waals surface area contributed by atoms with E-state index in [4.69, 9.17) is 10.00 Å². The third-order valence-electron chi connectivity index (χ3n) is 2.67. The van der Waals surface area contributed by atoms with Crippen molar-refractivity contribution in [1.29, 1.82) is 5.26 Å². The van der Waals surface area contributed by atoms with Crippen LogP contribution < -0.4 is 10.3 Å². The molecule has 1 aromatic carbocycles. The van der Waals surface area contributed by atoms with Crippen LogP contribution in [0.3, 0.4) is 0 Å². The summed E-state index contributed by atoms with van der Waals surface area (Å²) in [7, 11) is 0. The van der Waals surface area contributed by atoms with Gasteiger partial charge in [0.15, 0.2) is 0 Å². The van der Waals surface area contributed by atoms with E-state index in [1.165, 1.54) is 0 Å². The Morgan fingerprint density at radius 1 is 1.35 bits per heavy atom. The minimum absolute atomic E-state index is 0.0688. The maximum Gasteiger partial charge on any atom is 0.268 e. The number of hydrogen-bond donors (Lipinski definition) is 1. The van der Waals surface area contributed by atoms with E-state index in [1.807, 2.05) is 44.2 Å². The van der Waals surface area contributed by atoms with Gasteiger partial charge in [0.2, 0.25) is 0 Å². The van der Waals surface area contributed by atoms with Crippen LogP contribution in [0, 0.1) is 11.3 Å². The average molecular weight is 269 g/mol. The molecule has 0 spiro atoms. The molecule has 0 amide bonds. The Kier molecular flexibility index (Phi) is 4.16. The van der Waals surface area contributed by atoms with Gasteiger partial charge in [-0.15, -0.1) is 0 Å². The predicted octanol–water partition coefficient (Wildman–Crippen LogP) is 2.29. The van der Waals surface area contributed by atoms with E-state index in [0.29, 0.717) is 11.3 Å². The average Bonchev–Trinajstić information content (AvgIpc) is 2.42. The zero-order valence-corrected chi connectivity index (χ0v) is 11.4. The molecule has 1 N–H and O–H groups in total. The van der Waals surface area contributed by atoms with Crippen LogP contribution in [-0.4, -0.2) is 16.3 Å². The quantitative estimate of drug-likeness (QED) is 0.923. The molecular weight excluding hydrogens is 254 g/mol. The maximum atomic E-state index is 11.5. The second kappa shape index (κ2) is 6.02. The fraction of sp³-hybridized carbons (Fsp3) is 0.267. The number of ether oxygens (including phenoxy) is 1. The molecule has 0 aliphatic heterocycles. The number of benzene rings is 1. The lowest BCUT2D eigenvalue weighted by Crippen LogP contribution is -2.14. The van der Waals surface area contributed by atoms with Gasteiger partial charge in [0.25, 0.3) is 5.56 Å². The second-order valence-corrected chi connectivity index (χ2v) is 4.63. The lowest BCUT2D eigenvalue weighted by Gasteiger charge is -2.10. The molecule has 5 nitrogen and oxygen atoms in total. The van der Waals surface area contributed by atoms with Crippen LogP contribution in [0.25, 0.3) is 11.3 Å². The summed E-state index contributed by atoms with van der Waals surface area (Å²) in [6, 6.07) is 11.1. The molecule has 0 atom stereocenters. The lowest BCUT2D eigenvalue weighted by molar-refractivity contribution is 0.242. The van der Waals surface area contributed by atoms with Crippen molar-refractivity contribution in [2.45, 2.75) is 26.4 Å². The molecule has 2 aromatic rings. The van der Waals surface area contributed by atoms with Crippen molar-refractivity contribution in [3.05, 3.63) is 46.2 Å². The molecule has 0 aliphatic rings. The second-order valence-electron chi connectivity index (χ2n) is 4.63. The standard InChI is InChI=1S/C15H15N3O2/c1-10(2)20-13-5-3-11(4-6-13)14-9-12(7-8-16)15(19)18-17-14/h3-6,9-10H,7H2,1-2H3,(H,18,19). The zero-order valence-electron chi connectivity index (χ0n) is 11.4. The SMILES string of the molecule is CC(C)Oc1ccc(-c2cc(CC#N)c(=O)[nH]n2)cc1. The number of nitriles is 1. The summed E-state index contributed by atoms with van der Waals surface area (Å²) in [5.74, 6) is 0.783. The van der Waals surface area contributed by atoms with Gasteiger partial charge >= 0.3 is 0 Å². The first-order valence-corrected chi connectivity index (χ1v) is 6.33. The Balaban J connectivity index is 2.30. The van der Waals surface area contributed by atoms with Crippen LogP contribution >= 0.6 is 0 Å². The Labute approximate surface area is 116 Å². The third kappa shape index (κ3) is 3.23. The lowest BCUT2D eigenvalue weighted by atomic mass is 10.1. The highest BCUT2D eigenvalue weighted by atomic mass is 16.5. The molecule has 5 heteroatoms. The molecule has 0 aliphatic carbocycles. The molecule has 0 radical (unpaired) electrons. The molecule has 2 rings (SSSR count). The van der Waals surface area contributed by atoms with Crippen molar-refractivity contribution in [3.63, 3.8) is 0 Å². The maximum absolute atomic E-state index is 11.5. The first-order chi connectivity index (χ1) is 9.60. The summed E-state index contributed by atoms with van der Waals surface area (Å²) in [4.78, 5) is 11.5. The number of nitrogens with one attached hydrogen (secondary N) is 1. The summed E-state index contributed by atoms with van der Waals surface area (Å²) in [5.41, 5.74) is 1.58. The van der Waals surface area contributed by atoms with Gasteiger partial charge in [-0.2, -0.15) is 10.4 Å². The molecular formula is C15H15N3O2. The van der Waals surface area contributed by atoms with Crippen LogP contribution in [0.4, 0.5) is 0 Å². The predicted molar refractivity (Wildman–Crippen MR) is 75.4 cm³/mol. The molecule has 102 valence electrons. The number of hydrogen-bond acceptors (Lipinski definition) is 4. The monoisotopic (exact) mass is 269 g/mol. The van der Waals surface area contributed by atoms with Crippen molar-refractivity contribution < 1.29 is 4.74 Å². The van der Waals surface area contributed by atoms with Crippen molar-refractivity contribution in [2.24, 2.45) is 0 Å². The van der Waals surface area contributed by atoms with Gasteiger partial charge < -0.3 is 4.74 Å². The number of nitrogens with zero attached hydrogens (tertiary/aromatic N) is 2. The molecule has 0 bridgehead atoms. The van der Waals surface area contributed by atoms with Crippen molar-refractivity contribution in [3.8, 4) is 23.1 Å². The van der Waals surface area contributed by atoms with Crippen molar-refractivity contribution >= 4 is 0 Å². The van der Waals surface area contributed by atoms with E-state index < -0.39 is 0 Å². The molecule has 1 heterocycles. The highest BCUT2D eigenvalue weighted by Gasteiger charge is 2.06. The fourth-order valence-electron chi connectivity index (χ4n) is 1.79. The van der Waals surface area contributed by atoms with Crippen LogP contribution in [-0.2, 0) is 6.42 Å². The van der Waals surface area contributed by atoms with E-state index >= 15 is 0 Å². The minimum atomic E-state index is -0.324. The molecule has 1 aromatic heterocycles.